The number of rotatable bonds is 6. The number of hydrogen-bond donors (Lipinski definition) is 0. The Kier molecular flexibility index (Phi) is 6.22. The number of hydrogen-bond acceptors (Lipinski definition) is 1. The molecule has 0 N–H and O–H groups in total. The molecule has 17 heavy (non-hydrogen) atoms. The average Bonchev–Trinajstić information content (AvgIpc) is 2.28. The zero-order valence-corrected chi connectivity index (χ0v) is 12.2. The highest BCUT2D eigenvalue weighted by Gasteiger charge is 2.31. The first-order valence-electron chi connectivity index (χ1n) is 7.62. The van der Waals surface area contributed by atoms with Crippen LogP contribution in [0.4, 0.5) is 0 Å². The van der Waals surface area contributed by atoms with Crippen molar-refractivity contribution < 1.29 is 4.79 Å². The molecule has 1 heteroatoms. The van der Waals surface area contributed by atoms with Crippen LogP contribution in [0.25, 0.3) is 0 Å². The zero-order valence-electron chi connectivity index (χ0n) is 12.2. The van der Waals surface area contributed by atoms with Gasteiger partial charge in [0.25, 0.3) is 0 Å². The largest absolute Gasteiger partial charge is 0.299 e. The summed E-state index contributed by atoms with van der Waals surface area (Å²) in [5.74, 6) is 2.79. The van der Waals surface area contributed by atoms with Crippen molar-refractivity contribution in [3.8, 4) is 0 Å². The summed E-state index contributed by atoms with van der Waals surface area (Å²) in [4.78, 5) is 12.5. The number of Topliss-reactive ketones (excluding diaryl/α,β-unsaturated/α-hetero) is 1. The highest BCUT2D eigenvalue weighted by Crippen LogP contribution is 2.35. The van der Waals surface area contributed by atoms with E-state index in [4.69, 9.17) is 0 Å². The predicted octanol–water partition coefficient (Wildman–Crippen LogP) is 4.84. The van der Waals surface area contributed by atoms with Crippen molar-refractivity contribution in [3.05, 3.63) is 0 Å². The van der Waals surface area contributed by atoms with E-state index in [1.54, 1.807) is 0 Å². The van der Waals surface area contributed by atoms with Crippen LogP contribution < -0.4 is 0 Å². The molecule has 1 aliphatic rings. The summed E-state index contributed by atoms with van der Waals surface area (Å²) in [6.45, 7) is 9.00. The molecule has 0 amide bonds. The number of ketones is 1. The van der Waals surface area contributed by atoms with Crippen LogP contribution in [0.15, 0.2) is 0 Å². The van der Waals surface area contributed by atoms with Crippen LogP contribution in [0, 0.1) is 23.7 Å². The molecule has 0 bridgehead atoms. The van der Waals surface area contributed by atoms with Gasteiger partial charge >= 0.3 is 0 Å². The lowest BCUT2D eigenvalue weighted by Gasteiger charge is -2.32. The lowest BCUT2D eigenvalue weighted by atomic mass is 9.72. The Labute approximate surface area is 107 Å². The Morgan fingerprint density at radius 3 is 2.18 bits per heavy atom. The Bertz CT molecular complexity index is 224. The highest BCUT2D eigenvalue weighted by molar-refractivity contribution is 5.83. The van der Waals surface area contributed by atoms with Gasteiger partial charge in [-0.05, 0) is 43.9 Å². The summed E-state index contributed by atoms with van der Waals surface area (Å²) in [7, 11) is 0. The van der Waals surface area contributed by atoms with E-state index in [9.17, 15) is 4.79 Å². The van der Waals surface area contributed by atoms with Crippen LogP contribution in [0.3, 0.4) is 0 Å². The zero-order chi connectivity index (χ0) is 12.8. The van der Waals surface area contributed by atoms with Gasteiger partial charge in [-0.3, -0.25) is 4.79 Å². The van der Waals surface area contributed by atoms with Crippen molar-refractivity contribution in [1.82, 2.24) is 0 Å². The molecule has 0 aromatic heterocycles. The third kappa shape index (κ3) is 4.44. The molecular weight excluding hydrogens is 208 g/mol. The van der Waals surface area contributed by atoms with E-state index in [1.165, 1.54) is 19.3 Å². The van der Waals surface area contributed by atoms with Crippen LogP contribution in [0.1, 0.15) is 72.6 Å². The van der Waals surface area contributed by atoms with Crippen LogP contribution in [0.5, 0.6) is 0 Å². The van der Waals surface area contributed by atoms with Crippen LogP contribution in [-0.2, 0) is 4.79 Å². The Balaban J connectivity index is 2.54. The summed E-state index contributed by atoms with van der Waals surface area (Å²) in [5.41, 5.74) is 0. The lowest BCUT2D eigenvalue weighted by Crippen LogP contribution is -2.30. The summed E-state index contributed by atoms with van der Waals surface area (Å²) >= 11 is 0. The molecule has 1 fully saturated rings. The molecule has 0 heterocycles. The van der Waals surface area contributed by atoms with Gasteiger partial charge in [-0.25, -0.2) is 0 Å². The fourth-order valence-corrected chi connectivity index (χ4v) is 3.51. The average molecular weight is 238 g/mol. The molecule has 1 saturated carbocycles. The Morgan fingerprint density at radius 2 is 1.71 bits per heavy atom. The molecule has 0 aromatic carbocycles. The second-order valence-corrected chi connectivity index (χ2v) is 6.26. The van der Waals surface area contributed by atoms with Crippen molar-refractivity contribution in [2.75, 3.05) is 0 Å². The van der Waals surface area contributed by atoms with E-state index in [0.717, 1.165) is 37.5 Å². The second-order valence-electron chi connectivity index (χ2n) is 6.26. The van der Waals surface area contributed by atoms with Crippen LogP contribution in [0.2, 0.25) is 0 Å². The van der Waals surface area contributed by atoms with Gasteiger partial charge in [0.2, 0.25) is 0 Å². The van der Waals surface area contributed by atoms with E-state index in [0.29, 0.717) is 17.6 Å². The first-order valence-corrected chi connectivity index (χ1v) is 7.62. The third-order valence-electron chi connectivity index (χ3n) is 4.38. The van der Waals surface area contributed by atoms with Crippen LogP contribution in [-0.4, -0.2) is 5.78 Å². The first kappa shape index (κ1) is 14.7. The second kappa shape index (κ2) is 7.18. The molecule has 1 aliphatic carbocycles. The van der Waals surface area contributed by atoms with E-state index in [1.807, 2.05) is 0 Å². The Morgan fingerprint density at radius 1 is 1.12 bits per heavy atom. The van der Waals surface area contributed by atoms with Crippen molar-refractivity contribution in [3.63, 3.8) is 0 Å². The van der Waals surface area contributed by atoms with Gasteiger partial charge in [-0.15, -0.1) is 0 Å². The molecule has 0 saturated heterocycles. The van der Waals surface area contributed by atoms with Gasteiger partial charge in [0, 0.05) is 11.8 Å². The Hall–Kier alpha value is -0.330. The molecule has 0 aromatic rings. The normalized spacial score (nSPS) is 31.2. The lowest BCUT2D eigenvalue weighted by molar-refractivity contribution is -0.129. The maximum Gasteiger partial charge on any atom is 0.139 e. The van der Waals surface area contributed by atoms with Crippen molar-refractivity contribution in [1.29, 1.82) is 0 Å². The minimum Gasteiger partial charge on any atom is -0.299 e. The molecule has 3 atom stereocenters. The number of unbranched alkanes of at least 4 members (excludes halogenated alkanes) is 1. The topological polar surface area (TPSA) is 17.1 Å². The molecular formula is C16H30O. The third-order valence-corrected chi connectivity index (χ3v) is 4.38. The SMILES string of the molecule is CCCCC(CC)C(=O)C1CC(C)CC(C)C1. The van der Waals surface area contributed by atoms with E-state index < -0.39 is 0 Å². The quantitative estimate of drug-likeness (QED) is 0.647. The summed E-state index contributed by atoms with van der Waals surface area (Å²) in [6.07, 6.45) is 8.18. The fraction of sp³-hybridized carbons (Fsp3) is 0.938. The molecule has 1 nitrogen and oxygen atoms in total. The van der Waals surface area contributed by atoms with Crippen molar-refractivity contribution >= 4 is 5.78 Å². The first-order chi connectivity index (χ1) is 8.08. The van der Waals surface area contributed by atoms with Gasteiger partial charge in [0.1, 0.15) is 5.78 Å². The minimum absolute atomic E-state index is 0.345. The maximum atomic E-state index is 12.5. The smallest absolute Gasteiger partial charge is 0.139 e. The van der Waals surface area contributed by atoms with Gasteiger partial charge in [-0.2, -0.15) is 0 Å². The maximum absolute atomic E-state index is 12.5. The fourth-order valence-electron chi connectivity index (χ4n) is 3.51. The summed E-state index contributed by atoms with van der Waals surface area (Å²) in [5, 5.41) is 0. The van der Waals surface area contributed by atoms with Crippen molar-refractivity contribution in [2.45, 2.75) is 72.6 Å². The number of carbonyl (C=O) groups excluding carboxylic acids is 1. The standard InChI is InChI=1S/C16H30O/c1-5-7-8-14(6-2)16(17)15-10-12(3)9-13(4)11-15/h12-15H,5-11H2,1-4H3. The van der Waals surface area contributed by atoms with Gasteiger partial charge < -0.3 is 0 Å². The van der Waals surface area contributed by atoms with Gasteiger partial charge in [-0.1, -0.05) is 40.5 Å². The van der Waals surface area contributed by atoms with Crippen molar-refractivity contribution in [2.24, 2.45) is 23.7 Å². The van der Waals surface area contributed by atoms with Gasteiger partial charge in [0.15, 0.2) is 0 Å². The molecule has 0 aliphatic heterocycles. The number of carbonyl (C=O) groups is 1. The minimum atomic E-state index is 0.345. The molecule has 1 rings (SSSR count). The molecule has 0 spiro atoms. The molecule has 100 valence electrons. The summed E-state index contributed by atoms with van der Waals surface area (Å²) in [6, 6.07) is 0. The van der Waals surface area contributed by atoms with Gasteiger partial charge in [0.05, 0.1) is 0 Å². The monoisotopic (exact) mass is 238 g/mol. The molecule has 3 unspecified atom stereocenters. The molecule has 0 radical (unpaired) electrons. The van der Waals surface area contributed by atoms with E-state index >= 15 is 0 Å². The van der Waals surface area contributed by atoms with E-state index in [-0.39, 0.29) is 0 Å². The van der Waals surface area contributed by atoms with E-state index in [2.05, 4.69) is 27.7 Å². The highest BCUT2D eigenvalue weighted by atomic mass is 16.1. The predicted molar refractivity (Wildman–Crippen MR) is 74.0 cm³/mol. The van der Waals surface area contributed by atoms with Crippen LogP contribution >= 0.6 is 0 Å². The summed E-state index contributed by atoms with van der Waals surface area (Å²) < 4.78 is 0.